The topological polar surface area (TPSA) is 42.4 Å². The number of methoxy groups -OCH3 is 1. The van der Waals surface area contributed by atoms with Gasteiger partial charge in [0, 0.05) is 25.0 Å². The van der Waals surface area contributed by atoms with Gasteiger partial charge < -0.3 is 9.64 Å². The van der Waals surface area contributed by atoms with Gasteiger partial charge in [0.15, 0.2) is 0 Å². The van der Waals surface area contributed by atoms with Crippen LogP contribution in [0.2, 0.25) is 0 Å². The minimum Gasteiger partial charge on any atom is -0.465 e. The van der Waals surface area contributed by atoms with Crippen molar-refractivity contribution in [1.29, 1.82) is 0 Å². The lowest BCUT2D eigenvalue weighted by molar-refractivity contribution is 0.0600. The first kappa shape index (κ1) is 14.8. The molecule has 0 radical (unpaired) electrons. The number of carbonyl (C=O) groups excluding carboxylic acids is 1. The van der Waals surface area contributed by atoms with Gasteiger partial charge in [0.25, 0.3) is 0 Å². The molecule has 0 saturated carbocycles. The van der Waals surface area contributed by atoms with Gasteiger partial charge in [0.05, 0.1) is 12.7 Å². The maximum absolute atomic E-state index is 11.5. The molecule has 0 spiro atoms. The van der Waals surface area contributed by atoms with Gasteiger partial charge in [-0.1, -0.05) is 6.92 Å². The van der Waals surface area contributed by atoms with E-state index in [9.17, 15) is 4.79 Å². The highest BCUT2D eigenvalue weighted by atomic mass is 32.2. The third-order valence-corrected chi connectivity index (χ3v) is 3.62. The maximum atomic E-state index is 11.5. The Morgan fingerprint density at radius 1 is 1.61 bits per heavy atom. The SMILES string of the molecule is CCC(CSC)N(C)c1cc(C(=O)OC)ccn1. The predicted octanol–water partition coefficient (Wildman–Crippen LogP) is 2.45. The summed E-state index contributed by atoms with van der Waals surface area (Å²) >= 11 is 1.81. The fourth-order valence-corrected chi connectivity index (χ4v) is 2.58. The molecular formula is C13H20N2O2S. The van der Waals surface area contributed by atoms with Gasteiger partial charge in [-0.15, -0.1) is 0 Å². The third-order valence-electron chi connectivity index (χ3n) is 2.91. The van der Waals surface area contributed by atoms with Crippen molar-refractivity contribution in [2.45, 2.75) is 19.4 Å². The molecule has 1 rings (SSSR count). The van der Waals surface area contributed by atoms with Crippen LogP contribution in [0.4, 0.5) is 5.82 Å². The lowest BCUT2D eigenvalue weighted by Gasteiger charge is -2.27. The highest BCUT2D eigenvalue weighted by Gasteiger charge is 2.15. The standard InChI is InChI=1S/C13H20N2O2S/c1-5-11(9-18-4)15(2)12-8-10(6-7-14-12)13(16)17-3/h6-8,11H,5,9H2,1-4H3. The number of pyridine rings is 1. The van der Waals surface area contributed by atoms with Crippen LogP contribution in [0, 0.1) is 0 Å². The zero-order valence-corrected chi connectivity index (χ0v) is 12.2. The molecule has 0 aliphatic heterocycles. The number of carbonyl (C=O) groups is 1. The molecule has 1 atom stereocenters. The molecule has 0 fully saturated rings. The Morgan fingerprint density at radius 3 is 2.89 bits per heavy atom. The number of nitrogens with zero attached hydrogens (tertiary/aromatic N) is 2. The van der Waals surface area contributed by atoms with Gasteiger partial charge in [0.2, 0.25) is 0 Å². The van der Waals surface area contributed by atoms with Crippen LogP contribution < -0.4 is 4.90 Å². The second kappa shape index (κ2) is 7.26. The van der Waals surface area contributed by atoms with Gasteiger partial charge in [-0.25, -0.2) is 9.78 Å². The molecule has 100 valence electrons. The summed E-state index contributed by atoms with van der Waals surface area (Å²) in [5.41, 5.74) is 0.536. The van der Waals surface area contributed by atoms with Crippen LogP contribution in [0.25, 0.3) is 0 Å². The largest absolute Gasteiger partial charge is 0.465 e. The first-order chi connectivity index (χ1) is 8.63. The summed E-state index contributed by atoms with van der Waals surface area (Å²) < 4.78 is 4.72. The van der Waals surface area contributed by atoms with Crippen molar-refractivity contribution < 1.29 is 9.53 Å². The molecule has 0 amide bonds. The fourth-order valence-electron chi connectivity index (χ4n) is 1.74. The van der Waals surface area contributed by atoms with Gasteiger partial charge in [-0.2, -0.15) is 11.8 Å². The van der Waals surface area contributed by atoms with Crippen LogP contribution in [0.1, 0.15) is 23.7 Å². The van der Waals surface area contributed by atoms with Gasteiger partial charge in [-0.3, -0.25) is 0 Å². The number of hydrogen-bond donors (Lipinski definition) is 0. The Bertz CT molecular complexity index is 398. The molecular weight excluding hydrogens is 248 g/mol. The van der Waals surface area contributed by atoms with Crippen molar-refractivity contribution in [2.24, 2.45) is 0 Å². The molecule has 1 aromatic rings. The Hall–Kier alpha value is -1.23. The van der Waals surface area contributed by atoms with E-state index in [0.717, 1.165) is 18.0 Å². The maximum Gasteiger partial charge on any atom is 0.338 e. The minimum atomic E-state index is -0.329. The number of hydrogen-bond acceptors (Lipinski definition) is 5. The van der Waals surface area contributed by atoms with Crippen molar-refractivity contribution in [1.82, 2.24) is 4.98 Å². The Morgan fingerprint density at radius 2 is 2.33 bits per heavy atom. The summed E-state index contributed by atoms with van der Waals surface area (Å²) in [6.45, 7) is 2.15. The number of aromatic nitrogens is 1. The number of ether oxygens (including phenoxy) is 1. The Balaban J connectivity index is 2.91. The van der Waals surface area contributed by atoms with E-state index in [-0.39, 0.29) is 5.97 Å². The van der Waals surface area contributed by atoms with Gasteiger partial charge in [0.1, 0.15) is 5.82 Å². The molecule has 1 unspecified atom stereocenters. The molecule has 1 heterocycles. The summed E-state index contributed by atoms with van der Waals surface area (Å²) in [5.74, 6) is 1.51. The summed E-state index contributed by atoms with van der Waals surface area (Å²) in [5, 5.41) is 0. The molecule has 0 aliphatic rings. The molecule has 0 aliphatic carbocycles. The molecule has 18 heavy (non-hydrogen) atoms. The Kier molecular flexibility index (Phi) is 5.98. The van der Waals surface area contributed by atoms with E-state index in [1.54, 1.807) is 18.3 Å². The van der Waals surface area contributed by atoms with Crippen LogP contribution in [-0.2, 0) is 4.74 Å². The van der Waals surface area contributed by atoms with E-state index in [2.05, 4.69) is 23.1 Å². The summed E-state index contributed by atoms with van der Waals surface area (Å²) in [7, 11) is 3.39. The van der Waals surface area contributed by atoms with E-state index in [0.29, 0.717) is 11.6 Å². The number of anilines is 1. The Labute approximate surface area is 113 Å². The normalized spacial score (nSPS) is 12.0. The highest BCUT2D eigenvalue weighted by Crippen LogP contribution is 2.18. The van der Waals surface area contributed by atoms with Crippen molar-refractivity contribution in [3.8, 4) is 0 Å². The number of rotatable bonds is 6. The van der Waals surface area contributed by atoms with E-state index in [1.807, 2.05) is 18.8 Å². The van der Waals surface area contributed by atoms with Gasteiger partial charge >= 0.3 is 5.97 Å². The summed E-state index contributed by atoms with van der Waals surface area (Å²) in [4.78, 5) is 17.9. The van der Waals surface area contributed by atoms with E-state index < -0.39 is 0 Å². The smallest absolute Gasteiger partial charge is 0.338 e. The second-order valence-corrected chi connectivity index (χ2v) is 4.93. The predicted molar refractivity (Wildman–Crippen MR) is 76.4 cm³/mol. The van der Waals surface area contributed by atoms with Crippen molar-refractivity contribution >= 4 is 23.5 Å². The highest BCUT2D eigenvalue weighted by molar-refractivity contribution is 7.98. The fraction of sp³-hybridized carbons (Fsp3) is 0.538. The average Bonchev–Trinajstić information content (AvgIpc) is 2.43. The molecule has 0 N–H and O–H groups in total. The van der Waals surface area contributed by atoms with Crippen molar-refractivity contribution in [3.63, 3.8) is 0 Å². The minimum absolute atomic E-state index is 0.329. The molecule has 0 saturated heterocycles. The second-order valence-electron chi connectivity index (χ2n) is 4.02. The van der Waals surface area contributed by atoms with E-state index in [4.69, 9.17) is 4.74 Å². The molecule has 5 heteroatoms. The summed E-state index contributed by atoms with van der Waals surface area (Å²) in [6.07, 6.45) is 4.78. The number of thioether (sulfide) groups is 1. The third kappa shape index (κ3) is 3.63. The quantitative estimate of drug-likeness (QED) is 0.741. The average molecular weight is 268 g/mol. The van der Waals surface area contributed by atoms with E-state index >= 15 is 0 Å². The zero-order valence-electron chi connectivity index (χ0n) is 11.3. The first-order valence-corrected chi connectivity index (χ1v) is 7.29. The zero-order chi connectivity index (χ0) is 13.5. The molecule has 0 bridgehead atoms. The monoisotopic (exact) mass is 268 g/mol. The van der Waals surface area contributed by atoms with Crippen LogP contribution in [-0.4, -0.2) is 43.2 Å². The lowest BCUT2D eigenvalue weighted by atomic mass is 10.2. The van der Waals surface area contributed by atoms with Crippen molar-refractivity contribution in [2.75, 3.05) is 31.1 Å². The van der Waals surface area contributed by atoms with Crippen LogP contribution in [0.5, 0.6) is 0 Å². The van der Waals surface area contributed by atoms with Crippen LogP contribution in [0.15, 0.2) is 18.3 Å². The van der Waals surface area contributed by atoms with Crippen LogP contribution in [0.3, 0.4) is 0 Å². The van der Waals surface area contributed by atoms with Crippen molar-refractivity contribution in [3.05, 3.63) is 23.9 Å². The van der Waals surface area contributed by atoms with Crippen LogP contribution >= 0.6 is 11.8 Å². The first-order valence-electron chi connectivity index (χ1n) is 5.90. The number of esters is 1. The molecule has 0 aromatic carbocycles. The van der Waals surface area contributed by atoms with E-state index in [1.165, 1.54) is 7.11 Å². The molecule has 1 aromatic heterocycles. The molecule has 4 nitrogen and oxygen atoms in total. The van der Waals surface area contributed by atoms with Gasteiger partial charge in [-0.05, 0) is 24.8 Å². The summed E-state index contributed by atoms with van der Waals surface area (Å²) in [6, 6.07) is 3.86. The lowest BCUT2D eigenvalue weighted by Crippen LogP contribution is -2.33.